The van der Waals surface area contributed by atoms with E-state index in [4.69, 9.17) is 10.5 Å². The highest BCUT2D eigenvalue weighted by molar-refractivity contribution is 5.13. The summed E-state index contributed by atoms with van der Waals surface area (Å²) < 4.78 is 5.54. The fraction of sp³-hybridized carbons (Fsp3) is 0.615. The largest absolute Gasteiger partial charge is 0.378 e. The highest BCUT2D eigenvalue weighted by Crippen LogP contribution is 2.22. The van der Waals surface area contributed by atoms with Gasteiger partial charge in [0.2, 0.25) is 0 Å². The highest BCUT2D eigenvalue weighted by atomic mass is 16.5. The molecule has 0 amide bonds. The number of nitrogens with two attached hydrogens (primary N) is 1. The molecular formula is C13H20N2O. The van der Waals surface area contributed by atoms with Crippen LogP contribution in [0.1, 0.15) is 24.6 Å². The van der Waals surface area contributed by atoms with Gasteiger partial charge in [-0.1, -0.05) is 6.07 Å². The summed E-state index contributed by atoms with van der Waals surface area (Å²) in [6.45, 7) is 4.95. The summed E-state index contributed by atoms with van der Waals surface area (Å²) in [6, 6.07) is 4.32. The van der Waals surface area contributed by atoms with Gasteiger partial charge in [-0.3, -0.25) is 4.98 Å². The number of pyridine rings is 1. The zero-order valence-corrected chi connectivity index (χ0v) is 10.0. The first kappa shape index (κ1) is 11.6. The van der Waals surface area contributed by atoms with Gasteiger partial charge in [0.05, 0.1) is 12.7 Å². The SMILES string of the molecule is Cc1ccc(CC(N)C2COC(C)C2)nc1. The maximum absolute atomic E-state index is 6.19. The number of rotatable bonds is 3. The molecule has 0 spiro atoms. The lowest BCUT2D eigenvalue weighted by Gasteiger charge is -2.17. The molecule has 0 aromatic carbocycles. The molecule has 1 aliphatic heterocycles. The molecule has 0 aliphatic carbocycles. The first-order valence-electron chi connectivity index (χ1n) is 5.94. The summed E-state index contributed by atoms with van der Waals surface area (Å²) >= 11 is 0. The summed E-state index contributed by atoms with van der Waals surface area (Å²) in [4.78, 5) is 4.39. The Bertz CT molecular complexity index is 336. The Kier molecular flexibility index (Phi) is 3.56. The second kappa shape index (κ2) is 4.93. The van der Waals surface area contributed by atoms with Crippen LogP contribution in [0.25, 0.3) is 0 Å². The van der Waals surface area contributed by atoms with E-state index in [-0.39, 0.29) is 6.04 Å². The molecule has 2 heterocycles. The Labute approximate surface area is 97.0 Å². The van der Waals surface area contributed by atoms with Crippen molar-refractivity contribution in [1.82, 2.24) is 4.98 Å². The minimum Gasteiger partial charge on any atom is -0.378 e. The zero-order chi connectivity index (χ0) is 11.5. The normalized spacial score (nSPS) is 26.9. The summed E-state index contributed by atoms with van der Waals surface area (Å²) in [6.07, 6.45) is 4.19. The van der Waals surface area contributed by atoms with Gasteiger partial charge in [0.1, 0.15) is 0 Å². The van der Waals surface area contributed by atoms with E-state index in [1.807, 2.05) is 13.1 Å². The lowest BCUT2D eigenvalue weighted by molar-refractivity contribution is 0.118. The molecule has 1 saturated heterocycles. The number of aryl methyl sites for hydroxylation is 1. The third kappa shape index (κ3) is 2.80. The van der Waals surface area contributed by atoms with E-state index < -0.39 is 0 Å². The Morgan fingerprint density at radius 3 is 2.94 bits per heavy atom. The summed E-state index contributed by atoms with van der Waals surface area (Å²) in [5.74, 6) is 0.484. The van der Waals surface area contributed by atoms with Crippen LogP contribution in [0.15, 0.2) is 18.3 Å². The third-order valence-electron chi connectivity index (χ3n) is 3.25. The molecule has 3 unspecified atom stereocenters. The van der Waals surface area contributed by atoms with Crippen molar-refractivity contribution in [2.45, 2.75) is 38.8 Å². The minimum absolute atomic E-state index is 0.167. The lowest BCUT2D eigenvalue weighted by Crippen LogP contribution is -2.33. The molecule has 1 fully saturated rings. The average molecular weight is 220 g/mol. The van der Waals surface area contributed by atoms with Crippen molar-refractivity contribution >= 4 is 0 Å². The van der Waals surface area contributed by atoms with E-state index in [0.717, 1.165) is 25.1 Å². The Hall–Kier alpha value is -0.930. The van der Waals surface area contributed by atoms with Crippen LogP contribution >= 0.6 is 0 Å². The Balaban J connectivity index is 1.91. The van der Waals surface area contributed by atoms with Gasteiger partial charge in [0.15, 0.2) is 0 Å². The van der Waals surface area contributed by atoms with Crippen LogP contribution < -0.4 is 5.73 Å². The molecule has 0 bridgehead atoms. The van der Waals surface area contributed by atoms with Crippen LogP contribution in [0.5, 0.6) is 0 Å². The van der Waals surface area contributed by atoms with Crippen molar-refractivity contribution in [2.24, 2.45) is 11.7 Å². The second-order valence-corrected chi connectivity index (χ2v) is 4.83. The summed E-state index contributed by atoms with van der Waals surface area (Å²) in [5.41, 5.74) is 8.46. The first-order valence-corrected chi connectivity index (χ1v) is 5.94. The number of ether oxygens (including phenoxy) is 1. The van der Waals surface area contributed by atoms with Crippen molar-refractivity contribution in [2.75, 3.05) is 6.61 Å². The number of hydrogen-bond donors (Lipinski definition) is 1. The van der Waals surface area contributed by atoms with E-state index >= 15 is 0 Å². The molecule has 3 heteroatoms. The van der Waals surface area contributed by atoms with Gasteiger partial charge in [-0.2, -0.15) is 0 Å². The number of hydrogen-bond acceptors (Lipinski definition) is 3. The maximum atomic E-state index is 6.19. The lowest BCUT2D eigenvalue weighted by atomic mass is 9.94. The fourth-order valence-corrected chi connectivity index (χ4v) is 2.18. The van der Waals surface area contributed by atoms with Crippen LogP contribution in [-0.2, 0) is 11.2 Å². The molecule has 1 aromatic rings. The molecule has 0 radical (unpaired) electrons. The number of nitrogens with zero attached hydrogens (tertiary/aromatic N) is 1. The minimum atomic E-state index is 0.167. The smallest absolute Gasteiger partial charge is 0.0551 e. The van der Waals surface area contributed by atoms with E-state index in [1.54, 1.807) is 0 Å². The highest BCUT2D eigenvalue weighted by Gasteiger charge is 2.27. The van der Waals surface area contributed by atoms with Crippen molar-refractivity contribution in [3.8, 4) is 0 Å². The predicted octanol–water partition coefficient (Wildman–Crippen LogP) is 1.68. The third-order valence-corrected chi connectivity index (χ3v) is 3.25. The van der Waals surface area contributed by atoms with Crippen molar-refractivity contribution in [3.05, 3.63) is 29.6 Å². The Morgan fingerprint density at radius 1 is 1.56 bits per heavy atom. The monoisotopic (exact) mass is 220 g/mol. The van der Waals surface area contributed by atoms with Gasteiger partial charge >= 0.3 is 0 Å². The van der Waals surface area contributed by atoms with Crippen LogP contribution in [0.2, 0.25) is 0 Å². The predicted molar refractivity (Wildman–Crippen MR) is 64.2 cm³/mol. The molecule has 88 valence electrons. The molecule has 2 rings (SSSR count). The van der Waals surface area contributed by atoms with Crippen LogP contribution in [-0.4, -0.2) is 23.7 Å². The van der Waals surface area contributed by atoms with E-state index in [2.05, 4.69) is 24.0 Å². The van der Waals surface area contributed by atoms with Gasteiger partial charge in [-0.25, -0.2) is 0 Å². The fourth-order valence-electron chi connectivity index (χ4n) is 2.18. The summed E-state index contributed by atoms with van der Waals surface area (Å²) in [7, 11) is 0. The molecule has 0 saturated carbocycles. The van der Waals surface area contributed by atoms with E-state index in [9.17, 15) is 0 Å². The van der Waals surface area contributed by atoms with Crippen molar-refractivity contribution < 1.29 is 4.74 Å². The van der Waals surface area contributed by atoms with E-state index in [1.165, 1.54) is 5.56 Å². The van der Waals surface area contributed by atoms with Crippen molar-refractivity contribution in [1.29, 1.82) is 0 Å². The Morgan fingerprint density at radius 2 is 2.38 bits per heavy atom. The van der Waals surface area contributed by atoms with Gasteiger partial charge < -0.3 is 10.5 Å². The van der Waals surface area contributed by atoms with Gasteiger partial charge in [-0.05, 0) is 31.9 Å². The van der Waals surface area contributed by atoms with E-state index in [0.29, 0.717) is 12.0 Å². The van der Waals surface area contributed by atoms with Gasteiger partial charge in [0.25, 0.3) is 0 Å². The van der Waals surface area contributed by atoms with Gasteiger partial charge in [-0.15, -0.1) is 0 Å². The van der Waals surface area contributed by atoms with Gasteiger partial charge in [0, 0.05) is 30.3 Å². The molecule has 1 aliphatic rings. The second-order valence-electron chi connectivity index (χ2n) is 4.83. The molecule has 3 nitrogen and oxygen atoms in total. The zero-order valence-electron chi connectivity index (χ0n) is 10.0. The standard InChI is InChI=1S/C13H20N2O/c1-9-3-4-12(15-7-9)6-13(14)11-5-10(2)16-8-11/h3-4,7,10-11,13H,5-6,8,14H2,1-2H3. The first-order chi connectivity index (χ1) is 7.65. The average Bonchev–Trinajstić information content (AvgIpc) is 2.68. The quantitative estimate of drug-likeness (QED) is 0.843. The summed E-state index contributed by atoms with van der Waals surface area (Å²) in [5, 5.41) is 0. The van der Waals surface area contributed by atoms with Crippen LogP contribution in [0.4, 0.5) is 0 Å². The number of aromatic nitrogens is 1. The van der Waals surface area contributed by atoms with Crippen LogP contribution in [0.3, 0.4) is 0 Å². The van der Waals surface area contributed by atoms with Crippen molar-refractivity contribution in [3.63, 3.8) is 0 Å². The molecule has 1 aromatic heterocycles. The maximum Gasteiger partial charge on any atom is 0.0551 e. The van der Waals surface area contributed by atoms with Crippen LogP contribution in [0, 0.1) is 12.8 Å². The topological polar surface area (TPSA) is 48.1 Å². The molecule has 3 atom stereocenters. The molecule has 16 heavy (non-hydrogen) atoms. The molecule has 2 N–H and O–H groups in total. The molecular weight excluding hydrogens is 200 g/mol.